The van der Waals surface area contributed by atoms with Crippen molar-refractivity contribution in [3.8, 4) is 5.75 Å². The van der Waals surface area contributed by atoms with Crippen LogP contribution >= 0.6 is 0 Å². The summed E-state index contributed by atoms with van der Waals surface area (Å²) in [5.74, 6) is 0.294. The summed E-state index contributed by atoms with van der Waals surface area (Å²) >= 11 is 0. The van der Waals surface area contributed by atoms with Gasteiger partial charge in [0, 0.05) is 17.1 Å². The Labute approximate surface area is 107 Å². The third-order valence-corrected chi connectivity index (χ3v) is 2.58. The number of nitrogens with zero attached hydrogens (tertiary/aromatic N) is 1. The number of halogens is 3. The minimum Gasteiger partial charge on any atom is -0.490 e. The lowest BCUT2D eigenvalue weighted by atomic mass is 10.1. The van der Waals surface area contributed by atoms with Crippen LogP contribution in [0.1, 0.15) is 11.3 Å². The van der Waals surface area contributed by atoms with Crippen molar-refractivity contribution in [3.63, 3.8) is 0 Å². The van der Waals surface area contributed by atoms with E-state index >= 15 is 0 Å². The number of ether oxygens (including phenoxy) is 1. The smallest absolute Gasteiger partial charge is 0.418 e. The Morgan fingerprint density at radius 3 is 2.68 bits per heavy atom. The number of aliphatic hydroxyl groups is 1. The second-order valence-electron chi connectivity index (χ2n) is 4.03. The van der Waals surface area contributed by atoms with Gasteiger partial charge in [0.1, 0.15) is 12.4 Å². The van der Waals surface area contributed by atoms with Crippen LogP contribution < -0.4 is 4.74 Å². The molecular weight excluding hydrogens is 259 g/mol. The first-order chi connectivity index (χ1) is 8.93. The fourth-order valence-electron chi connectivity index (χ4n) is 1.84. The molecule has 0 aliphatic rings. The molecule has 0 bridgehead atoms. The minimum atomic E-state index is -4.46. The van der Waals surface area contributed by atoms with E-state index in [0.29, 0.717) is 11.4 Å². The first-order valence-corrected chi connectivity index (χ1v) is 5.64. The lowest BCUT2D eigenvalue weighted by molar-refractivity contribution is -0.136. The monoisotopic (exact) mass is 271 g/mol. The number of benzene rings is 1. The Bertz CT molecular complexity index is 596. The van der Waals surface area contributed by atoms with Crippen LogP contribution in [0.25, 0.3) is 10.9 Å². The van der Waals surface area contributed by atoms with Crippen molar-refractivity contribution in [1.29, 1.82) is 0 Å². The molecule has 0 atom stereocenters. The van der Waals surface area contributed by atoms with Crippen LogP contribution in [-0.4, -0.2) is 23.3 Å². The molecule has 0 fully saturated rings. The molecule has 0 amide bonds. The van der Waals surface area contributed by atoms with Crippen LogP contribution in [0.5, 0.6) is 5.75 Å². The van der Waals surface area contributed by atoms with Gasteiger partial charge in [-0.2, -0.15) is 13.2 Å². The molecule has 1 heterocycles. The van der Waals surface area contributed by atoms with Crippen LogP contribution in [0.15, 0.2) is 24.3 Å². The van der Waals surface area contributed by atoms with E-state index in [9.17, 15) is 13.2 Å². The Balaban J connectivity index is 2.66. The predicted molar refractivity (Wildman–Crippen MR) is 64.1 cm³/mol. The Kier molecular flexibility index (Phi) is 3.61. The molecule has 0 spiro atoms. The number of hydrogen-bond acceptors (Lipinski definition) is 3. The van der Waals surface area contributed by atoms with Gasteiger partial charge in [-0.25, -0.2) is 0 Å². The first-order valence-electron chi connectivity index (χ1n) is 5.64. The Morgan fingerprint density at radius 1 is 1.32 bits per heavy atom. The van der Waals surface area contributed by atoms with E-state index in [0.717, 1.165) is 6.07 Å². The van der Waals surface area contributed by atoms with Crippen molar-refractivity contribution >= 4 is 10.9 Å². The number of hydrogen-bond donors (Lipinski definition) is 1. The van der Waals surface area contributed by atoms with Gasteiger partial charge >= 0.3 is 6.18 Å². The van der Waals surface area contributed by atoms with Crippen molar-refractivity contribution in [1.82, 2.24) is 4.98 Å². The molecule has 6 heteroatoms. The largest absolute Gasteiger partial charge is 0.490 e. The average Bonchev–Trinajstić information content (AvgIpc) is 2.33. The summed E-state index contributed by atoms with van der Waals surface area (Å²) < 4.78 is 44.0. The van der Waals surface area contributed by atoms with Gasteiger partial charge in [0.15, 0.2) is 0 Å². The fourth-order valence-corrected chi connectivity index (χ4v) is 1.84. The zero-order valence-electron chi connectivity index (χ0n) is 10.2. The second kappa shape index (κ2) is 5.05. The van der Waals surface area contributed by atoms with Crippen molar-refractivity contribution in [2.75, 3.05) is 13.2 Å². The highest BCUT2D eigenvalue weighted by atomic mass is 19.4. The topological polar surface area (TPSA) is 42.4 Å². The van der Waals surface area contributed by atoms with E-state index in [-0.39, 0.29) is 24.1 Å². The van der Waals surface area contributed by atoms with Gasteiger partial charge < -0.3 is 9.84 Å². The van der Waals surface area contributed by atoms with Gasteiger partial charge in [-0.15, -0.1) is 0 Å². The lowest BCUT2D eigenvalue weighted by Gasteiger charge is -2.13. The fraction of sp³-hybridized carbons (Fsp3) is 0.308. The highest BCUT2D eigenvalue weighted by molar-refractivity contribution is 5.88. The number of aromatic nitrogens is 1. The van der Waals surface area contributed by atoms with E-state index in [1.165, 1.54) is 12.1 Å². The molecule has 0 unspecified atom stereocenters. The van der Waals surface area contributed by atoms with Crippen molar-refractivity contribution in [3.05, 3.63) is 35.5 Å². The molecule has 0 aliphatic carbocycles. The molecule has 19 heavy (non-hydrogen) atoms. The molecule has 0 saturated heterocycles. The number of rotatable bonds is 3. The predicted octanol–water partition coefficient (Wildman–Crippen LogP) is 2.93. The van der Waals surface area contributed by atoms with Crippen molar-refractivity contribution < 1.29 is 23.0 Å². The molecule has 1 aromatic carbocycles. The molecule has 0 saturated carbocycles. The normalized spacial score (nSPS) is 11.8. The summed E-state index contributed by atoms with van der Waals surface area (Å²) in [6.07, 6.45) is -4.46. The van der Waals surface area contributed by atoms with E-state index in [1.54, 1.807) is 13.0 Å². The molecular formula is C13H12F3NO2. The summed E-state index contributed by atoms with van der Waals surface area (Å²) in [7, 11) is 0. The minimum absolute atomic E-state index is 0.0226. The maximum Gasteiger partial charge on any atom is 0.418 e. The summed E-state index contributed by atoms with van der Waals surface area (Å²) in [5.41, 5.74) is -0.498. The molecule has 0 radical (unpaired) electrons. The third kappa shape index (κ3) is 2.78. The van der Waals surface area contributed by atoms with Gasteiger partial charge in [0.2, 0.25) is 0 Å². The zero-order chi connectivity index (χ0) is 14.0. The first kappa shape index (κ1) is 13.6. The number of para-hydroxylation sites is 1. The zero-order valence-corrected chi connectivity index (χ0v) is 10.2. The maximum absolute atomic E-state index is 12.9. The SMILES string of the molecule is Cc1cc(OCCO)c2cccc(C(F)(F)F)c2n1. The number of aryl methyl sites for hydroxylation is 1. The Hall–Kier alpha value is -1.82. The van der Waals surface area contributed by atoms with Gasteiger partial charge in [0.25, 0.3) is 0 Å². The van der Waals surface area contributed by atoms with Gasteiger partial charge in [-0.3, -0.25) is 4.98 Å². The van der Waals surface area contributed by atoms with Crippen LogP contribution in [0.4, 0.5) is 13.2 Å². The van der Waals surface area contributed by atoms with E-state index in [1.807, 2.05) is 0 Å². The highest BCUT2D eigenvalue weighted by Gasteiger charge is 2.33. The summed E-state index contributed by atoms with van der Waals surface area (Å²) in [4.78, 5) is 3.95. The summed E-state index contributed by atoms with van der Waals surface area (Å²) in [6, 6.07) is 5.38. The van der Waals surface area contributed by atoms with Crippen LogP contribution in [-0.2, 0) is 6.18 Å². The molecule has 2 aromatic rings. The van der Waals surface area contributed by atoms with E-state index in [2.05, 4.69) is 4.98 Å². The van der Waals surface area contributed by atoms with E-state index in [4.69, 9.17) is 9.84 Å². The second-order valence-corrected chi connectivity index (χ2v) is 4.03. The maximum atomic E-state index is 12.9. The standard InChI is InChI=1S/C13H12F3NO2/c1-8-7-11(19-6-5-18)9-3-2-4-10(12(9)17-8)13(14,15)16/h2-4,7,18H,5-6H2,1H3. The van der Waals surface area contributed by atoms with Crippen molar-refractivity contribution in [2.45, 2.75) is 13.1 Å². The lowest BCUT2D eigenvalue weighted by Crippen LogP contribution is -2.08. The molecule has 1 N–H and O–H groups in total. The molecule has 1 aromatic heterocycles. The van der Waals surface area contributed by atoms with Crippen LogP contribution in [0.3, 0.4) is 0 Å². The number of pyridine rings is 1. The molecule has 3 nitrogen and oxygen atoms in total. The van der Waals surface area contributed by atoms with Crippen LogP contribution in [0, 0.1) is 6.92 Å². The average molecular weight is 271 g/mol. The number of alkyl halides is 3. The summed E-state index contributed by atoms with van der Waals surface area (Å²) in [5, 5.41) is 9.02. The van der Waals surface area contributed by atoms with Gasteiger partial charge in [-0.1, -0.05) is 6.07 Å². The van der Waals surface area contributed by atoms with Gasteiger partial charge in [0.05, 0.1) is 17.7 Å². The molecule has 2 rings (SSSR count). The Morgan fingerprint density at radius 2 is 2.05 bits per heavy atom. The van der Waals surface area contributed by atoms with Crippen LogP contribution in [0.2, 0.25) is 0 Å². The quantitative estimate of drug-likeness (QED) is 0.933. The van der Waals surface area contributed by atoms with E-state index < -0.39 is 11.7 Å². The molecule has 0 aliphatic heterocycles. The third-order valence-electron chi connectivity index (χ3n) is 2.58. The number of fused-ring (bicyclic) bond motifs is 1. The van der Waals surface area contributed by atoms with Crippen molar-refractivity contribution in [2.24, 2.45) is 0 Å². The highest BCUT2D eigenvalue weighted by Crippen LogP contribution is 2.36. The summed E-state index contributed by atoms with van der Waals surface area (Å²) in [6.45, 7) is 1.41. The molecule has 102 valence electrons. The van der Waals surface area contributed by atoms with Gasteiger partial charge in [-0.05, 0) is 19.1 Å². The number of aliphatic hydroxyl groups excluding tert-OH is 1.